The van der Waals surface area contributed by atoms with Gasteiger partial charge in [-0.1, -0.05) is 24.6 Å². The number of hydrogen-bond donors (Lipinski definition) is 1. The van der Waals surface area contributed by atoms with Crippen LogP contribution in [0.5, 0.6) is 0 Å². The fourth-order valence-electron chi connectivity index (χ4n) is 3.72. The standard InChI is InChI=1S/C22H22FN3O/c1-13-4-9-18(15(3)10-13)24-22-21-19(11-14(2)12-20(21)27)26(25-22)17-7-5-16(23)6-8-17/h4-10,14H,11-12H2,1-3H3,(H,24,25)/t14-/m1/s1. The van der Waals surface area contributed by atoms with E-state index in [0.29, 0.717) is 17.8 Å². The molecule has 0 fully saturated rings. The number of carbonyl (C=O) groups excluding carboxylic acids is 1. The van der Waals surface area contributed by atoms with Gasteiger partial charge in [0.1, 0.15) is 5.82 Å². The van der Waals surface area contributed by atoms with Crippen LogP contribution in [0, 0.1) is 25.6 Å². The third-order valence-corrected chi connectivity index (χ3v) is 5.04. The molecule has 0 saturated heterocycles. The Bertz CT molecular complexity index is 1020. The van der Waals surface area contributed by atoms with Crippen LogP contribution in [0.1, 0.15) is 40.5 Å². The summed E-state index contributed by atoms with van der Waals surface area (Å²) in [5, 5.41) is 8.05. The van der Waals surface area contributed by atoms with Gasteiger partial charge in [0.2, 0.25) is 0 Å². The minimum Gasteiger partial charge on any atom is -0.338 e. The van der Waals surface area contributed by atoms with Gasteiger partial charge in [-0.3, -0.25) is 4.79 Å². The molecule has 0 bridgehead atoms. The number of hydrogen-bond acceptors (Lipinski definition) is 3. The summed E-state index contributed by atoms with van der Waals surface area (Å²) in [4.78, 5) is 12.8. The third-order valence-electron chi connectivity index (χ3n) is 5.04. The van der Waals surface area contributed by atoms with Crippen molar-refractivity contribution in [1.82, 2.24) is 9.78 Å². The van der Waals surface area contributed by atoms with Gasteiger partial charge < -0.3 is 5.32 Å². The van der Waals surface area contributed by atoms with Crippen LogP contribution in [-0.2, 0) is 6.42 Å². The lowest BCUT2D eigenvalue weighted by molar-refractivity contribution is 0.0953. The first-order chi connectivity index (χ1) is 12.9. The molecule has 0 amide bonds. The van der Waals surface area contributed by atoms with Crippen molar-refractivity contribution in [2.24, 2.45) is 5.92 Å². The smallest absolute Gasteiger partial charge is 0.168 e. The molecule has 4 nitrogen and oxygen atoms in total. The van der Waals surface area contributed by atoms with E-state index >= 15 is 0 Å². The van der Waals surface area contributed by atoms with Crippen LogP contribution in [0.3, 0.4) is 0 Å². The summed E-state index contributed by atoms with van der Waals surface area (Å²) in [7, 11) is 0. The van der Waals surface area contributed by atoms with Crippen molar-refractivity contribution in [3.05, 3.63) is 70.7 Å². The lowest BCUT2D eigenvalue weighted by Gasteiger charge is -2.19. The quantitative estimate of drug-likeness (QED) is 0.701. The average Bonchev–Trinajstić information content (AvgIpc) is 2.96. The molecule has 1 aliphatic carbocycles. The molecule has 1 aromatic heterocycles. The van der Waals surface area contributed by atoms with Crippen molar-refractivity contribution >= 4 is 17.3 Å². The van der Waals surface area contributed by atoms with E-state index in [2.05, 4.69) is 18.3 Å². The third kappa shape index (κ3) is 3.25. The highest BCUT2D eigenvalue weighted by Gasteiger charge is 2.31. The van der Waals surface area contributed by atoms with E-state index in [-0.39, 0.29) is 17.5 Å². The van der Waals surface area contributed by atoms with Crippen LogP contribution >= 0.6 is 0 Å². The second-order valence-corrected chi connectivity index (χ2v) is 7.44. The second kappa shape index (κ2) is 6.65. The molecular weight excluding hydrogens is 341 g/mol. The van der Waals surface area contributed by atoms with Gasteiger partial charge in [0.05, 0.1) is 16.9 Å². The fourth-order valence-corrected chi connectivity index (χ4v) is 3.72. The predicted octanol–water partition coefficient (Wildman–Crippen LogP) is 5.14. The summed E-state index contributed by atoms with van der Waals surface area (Å²) in [6, 6.07) is 12.3. The summed E-state index contributed by atoms with van der Waals surface area (Å²) in [5.74, 6) is 0.635. The highest BCUT2D eigenvalue weighted by Crippen LogP contribution is 2.34. The Kier molecular flexibility index (Phi) is 4.30. The van der Waals surface area contributed by atoms with Gasteiger partial charge in [-0.25, -0.2) is 9.07 Å². The predicted molar refractivity (Wildman–Crippen MR) is 105 cm³/mol. The number of anilines is 2. The molecule has 1 aliphatic rings. The van der Waals surface area contributed by atoms with Crippen molar-refractivity contribution in [1.29, 1.82) is 0 Å². The molecule has 1 atom stereocenters. The number of rotatable bonds is 3. The van der Waals surface area contributed by atoms with Gasteiger partial charge in [-0.05, 0) is 62.1 Å². The van der Waals surface area contributed by atoms with Crippen LogP contribution in [0.15, 0.2) is 42.5 Å². The summed E-state index contributed by atoms with van der Waals surface area (Å²) >= 11 is 0. The largest absolute Gasteiger partial charge is 0.338 e. The summed E-state index contributed by atoms with van der Waals surface area (Å²) < 4.78 is 15.1. The molecule has 27 heavy (non-hydrogen) atoms. The Morgan fingerprint density at radius 1 is 1.11 bits per heavy atom. The zero-order chi connectivity index (χ0) is 19.1. The van der Waals surface area contributed by atoms with Crippen molar-refractivity contribution in [3.63, 3.8) is 0 Å². The number of nitrogens with one attached hydrogen (secondary N) is 1. The maximum absolute atomic E-state index is 13.3. The van der Waals surface area contributed by atoms with Crippen LogP contribution < -0.4 is 5.32 Å². The second-order valence-electron chi connectivity index (χ2n) is 7.44. The van der Waals surface area contributed by atoms with Gasteiger partial charge in [0, 0.05) is 12.1 Å². The van der Waals surface area contributed by atoms with Crippen molar-refractivity contribution in [2.45, 2.75) is 33.6 Å². The van der Waals surface area contributed by atoms with E-state index in [1.54, 1.807) is 16.8 Å². The van der Waals surface area contributed by atoms with Crippen molar-refractivity contribution in [3.8, 4) is 5.69 Å². The van der Waals surface area contributed by atoms with E-state index in [9.17, 15) is 9.18 Å². The van der Waals surface area contributed by atoms with Crippen LogP contribution in [-0.4, -0.2) is 15.6 Å². The number of aryl methyl sites for hydroxylation is 2. The molecule has 4 rings (SSSR count). The number of ketones is 1. The normalized spacial score (nSPS) is 16.3. The van der Waals surface area contributed by atoms with E-state index in [0.717, 1.165) is 29.1 Å². The molecule has 0 saturated carbocycles. The summed E-state index contributed by atoms with van der Waals surface area (Å²) in [5.41, 5.74) is 5.50. The van der Waals surface area contributed by atoms with E-state index in [1.807, 2.05) is 26.0 Å². The van der Waals surface area contributed by atoms with E-state index < -0.39 is 0 Å². The van der Waals surface area contributed by atoms with Crippen molar-refractivity contribution < 1.29 is 9.18 Å². The lowest BCUT2D eigenvalue weighted by atomic mass is 9.87. The Balaban J connectivity index is 1.83. The molecule has 1 N–H and O–H groups in total. The van der Waals surface area contributed by atoms with Gasteiger partial charge in [-0.15, -0.1) is 5.10 Å². The minimum atomic E-state index is -0.294. The highest BCUT2D eigenvalue weighted by molar-refractivity contribution is 6.03. The Hall–Kier alpha value is -2.95. The summed E-state index contributed by atoms with van der Waals surface area (Å²) in [6.45, 7) is 6.15. The van der Waals surface area contributed by atoms with Crippen LogP contribution in [0.2, 0.25) is 0 Å². The van der Waals surface area contributed by atoms with E-state index in [4.69, 9.17) is 5.10 Å². The average molecular weight is 363 g/mol. The number of benzene rings is 2. The molecule has 2 aromatic carbocycles. The highest BCUT2D eigenvalue weighted by atomic mass is 19.1. The zero-order valence-electron chi connectivity index (χ0n) is 15.7. The number of fused-ring (bicyclic) bond motifs is 1. The molecule has 0 aliphatic heterocycles. The SMILES string of the molecule is Cc1ccc(Nc2nn(-c3ccc(F)cc3)c3c2C(=O)C[C@H](C)C3)c(C)c1. The Labute approximate surface area is 158 Å². The number of aromatic nitrogens is 2. The first kappa shape index (κ1) is 17.5. The van der Waals surface area contributed by atoms with Gasteiger partial charge >= 0.3 is 0 Å². The molecule has 0 spiro atoms. The van der Waals surface area contributed by atoms with Crippen LogP contribution in [0.25, 0.3) is 5.69 Å². The molecular formula is C22H22FN3O. The molecule has 0 radical (unpaired) electrons. The maximum Gasteiger partial charge on any atom is 0.168 e. The number of halogens is 1. The maximum atomic E-state index is 13.3. The van der Waals surface area contributed by atoms with E-state index in [1.165, 1.54) is 17.7 Å². The summed E-state index contributed by atoms with van der Waals surface area (Å²) in [6.07, 6.45) is 1.28. The Morgan fingerprint density at radius 2 is 1.85 bits per heavy atom. The molecule has 5 heteroatoms. The zero-order valence-corrected chi connectivity index (χ0v) is 15.7. The first-order valence-electron chi connectivity index (χ1n) is 9.17. The molecule has 0 unspecified atom stereocenters. The lowest BCUT2D eigenvalue weighted by Crippen LogP contribution is -2.19. The number of Topliss-reactive ketones (excluding diaryl/α,β-unsaturated/α-hetero) is 1. The topological polar surface area (TPSA) is 46.9 Å². The molecule has 3 aromatic rings. The monoisotopic (exact) mass is 363 g/mol. The Morgan fingerprint density at radius 3 is 2.56 bits per heavy atom. The van der Waals surface area contributed by atoms with Gasteiger partial charge in [-0.2, -0.15) is 0 Å². The minimum absolute atomic E-state index is 0.101. The van der Waals surface area contributed by atoms with Crippen molar-refractivity contribution in [2.75, 3.05) is 5.32 Å². The fraction of sp³-hybridized carbons (Fsp3) is 0.273. The first-order valence-corrected chi connectivity index (χ1v) is 9.17. The van der Waals surface area contributed by atoms with Crippen LogP contribution in [0.4, 0.5) is 15.9 Å². The number of carbonyl (C=O) groups is 1. The van der Waals surface area contributed by atoms with Gasteiger partial charge in [0.15, 0.2) is 11.6 Å². The van der Waals surface area contributed by atoms with Gasteiger partial charge in [0.25, 0.3) is 0 Å². The molecule has 138 valence electrons. The molecule has 1 heterocycles. The number of nitrogens with zero attached hydrogens (tertiary/aromatic N) is 2.